The second-order valence-electron chi connectivity index (χ2n) is 3.00. The lowest BCUT2D eigenvalue weighted by atomic mass is 9.86. The molecule has 0 radical (unpaired) electrons. The summed E-state index contributed by atoms with van der Waals surface area (Å²) < 4.78 is 0. The summed E-state index contributed by atoms with van der Waals surface area (Å²) in [6, 6.07) is 0. The highest BCUT2D eigenvalue weighted by Gasteiger charge is 2.25. The first-order valence-corrected chi connectivity index (χ1v) is 4.01. The van der Waals surface area contributed by atoms with Crippen molar-refractivity contribution in [3.63, 3.8) is 0 Å². The maximum Gasteiger partial charge on any atom is 0.227 e. The summed E-state index contributed by atoms with van der Waals surface area (Å²) in [4.78, 5) is 11.2. The molecule has 11 heavy (non-hydrogen) atoms. The molecule has 0 aromatic carbocycles. The van der Waals surface area contributed by atoms with Gasteiger partial charge in [-0.15, -0.1) is 0 Å². The molecule has 1 atom stereocenters. The van der Waals surface area contributed by atoms with E-state index in [0.717, 1.165) is 19.4 Å². The number of rotatable bonds is 0. The summed E-state index contributed by atoms with van der Waals surface area (Å²) in [6.07, 6.45) is 8.09. The van der Waals surface area contributed by atoms with Gasteiger partial charge in [-0.05, 0) is 12.8 Å². The topological polar surface area (TPSA) is 29.1 Å². The fourth-order valence-corrected chi connectivity index (χ4v) is 1.66. The van der Waals surface area contributed by atoms with Crippen molar-refractivity contribution in [1.82, 2.24) is 5.32 Å². The van der Waals surface area contributed by atoms with Crippen molar-refractivity contribution in [1.29, 1.82) is 0 Å². The molecule has 2 rings (SSSR count). The van der Waals surface area contributed by atoms with Gasteiger partial charge in [0.1, 0.15) is 0 Å². The number of fused-ring (bicyclic) bond motifs is 1. The van der Waals surface area contributed by atoms with Crippen molar-refractivity contribution >= 4 is 5.91 Å². The van der Waals surface area contributed by atoms with Crippen LogP contribution in [0, 0.1) is 5.92 Å². The molecule has 1 N–H and O–H groups in total. The molecule has 0 aromatic heterocycles. The van der Waals surface area contributed by atoms with Crippen LogP contribution in [0.15, 0.2) is 23.8 Å². The predicted octanol–water partition coefficient (Wildman–Crippen LogP) is 1.01. The van der Waals surface area contributed by atoms with Crippen LogP contribution in [0.5, 0.6) is 0 Å². The molecule has 58 valence electrons. The number of hydrogen-bond acceptors (Lipinski definition) is 1. The molecule has 2 heteroatoms. The van der Waals surface area contributed by atoms with Crippen molar-refractivity contribution in [3.8, 4) is 0 Å². The molecule has 0 spiro atoms. The highest BCUT2D eigenvalue weighted by Crippen LogP contribution is 2.25. The van der Waals surface area contributed by atoms with Crippen LogP contribution in [0.4, 0.5) is 0 Å². The smallest absolute Gasteiger partial charge is 0.227 e. The van der Waals surface area contributed by atoms with Gasteiger partial charge in [0.25, 0.3) is 0 Å². The lowest BCUT2D eigenvalue weighted by Crippen LogP contribution is -2.38. The molecule has 1 saturated heterocycles. The quantitative estimate of drug-likeness (QED) is 0.547. The van der Waals surface area contributed by atoms with Crippen LogP contribution >= 0.6 is 0 Å². The van der Waals surface area contributed by atoms with Crippen molar-refractivity contribution in [2.45, 2.75) is 12.8 Å². The van der Waals surface area contributed by atoms with E-state index >= 15 is 0 Å². The molecule has 1 amide bonds. The molecule has 1 heterocycles. The van der Waals surface area contributed by atoms with E-state index in [2.05, 4.69) is 17.5 Å². The van der Waals surface area contributed by atoms with Crippen LogP contribution in [-0.4, -0.2) is 12.5 Å². The highest BCUT2D eigenvalue weighted by atomic mass is 16.1. The molecule has 0 aromatic rings. The maximum atomic E-state index is 11.2. The summed E-state index contributed by atoms with van der Waals surface area (Å²) in [7, 11) is 0. The van der Waals surface area contributed by atoms with E-state index in [-0.39, 0.29) is 11.8 Å². The Morgan fingerprint density at radius 1 is 1.55 bits per heavy atom. The maximum absolute atomic E-state index is 11.2. The third-order valence-corrected chi connectivity index (χ3v) is 2.30. The number of piperidine rings is 1. The second kappa shape index (κ2) is 2.53. The number of carbonyl (C=O) groups is 1. The number of nitrogens with one attached hydrogen (secondary N) is 1. The molecule has 1 fully saturated rings. The Balaban J connectivity index is 2.24. The Bertz CT molecular complexity index is 240. The first-order chi connectivity index (χ1) is 5.38. The van der Waals surface area contributed by atoms with Crippen molar-refractivity contribution in [2.24, 2.45) is 5.92 Å². The highest BCUT2D eigenvalue weighted by molar-refractivity contribution is 5.83. The van der Waals surface area contributed by atoms with Gasteiger partial charge >= 0.3 is 0 Å². The molecule has 2 aliphatic rings. The lowest BCUT2D eigenvalue weighted by molar-refractivity contribution is -0.124. The Kier molecular flexibility index (Phi) is 1.53. The van der Waals surface area contributed by atoms with Crippen molar-refractivity contribution in [2.75, 3.05) is 6.54 Å². The Morgan fingerprint density at radius 3 is 3.27 bits per heavy atom. The standard InChI is InChI=1S/C9H11NO/c11-9-8-4-2-1-3-7(8)5-6-10-9/h1-3,8H,4-6H2,(H,10,11). The molecule has 2 nitrogen and oxygen atoms in total. The van der Waals surface area contributed by atoms with Gasteiger partial charge < -0.3 is 5.32 Å². The third kappa shape index (κ3) is 1.09. The summed E-state index contributed by atoms with van der Waals surface area (Å²) >= 11 is 0. The summed E-state index contributed by atoms with van der Waals surface area (Å²) in [5.74, 6) is 0.348. The van der Waals surface area contributed by atoms with Crippen molar-refractivity contribution < 1.29 is 4.79 Å². The SMILES string of the molecule is O=C1NCCC2=CC=CCC12. The molecule has 1 aliphatic carbocycles. The fraction of sp³-hybridized carbons (Fsp3) is 0.444. The van der Waals surface area contributed by atoms with Crippen LogP contribution < -0.4 is 5.32 Å². The minimum Gasteiger partial charge on any atom is -0.355 e. The van der Waals surface area contributed by atoms with Crippen LogP contribution in [0.2, 0.25) is 0 Å². The zero-order valence-corrected chi connectivity index (χ0v) is 6.34. The summed E-state index contributed by atoms with van der Waals surface area (Å²) in [6.45, 7) is 0.814. The first-order valence-electron chi connectivity index (χ1n) is 4.01. The summed E-state index contributed by atoms with van der Waals surface area (Å²) in [5.41, 5.74) is 1.30. The fourth-order valence-electron chi connectivity index (χ4n) is 1.66. The number of carbonyl (C=O) groups excluding carboxylic acids is 1. The van der Waals surface area contributed by atoms with Gasteiger partial charge in [0, 0.05) is 6.54 Å². The Labute approximate surface area is 66.0 Å². The lowest BCUT2D eigenvalue weighted by Gasteiger charge is -2.25. The van der Waals surface area contributed by atoms with Gasteiger partial charge in [-0.2, -0.15) is 0 Å². The summed E-state index contributed by atoms with van der Waals surface area (Å²) in [5, 5.41) is 2.87. The minimum atomic E-state index is 0.147. The predicted molar refractivity (Wildman–Crippen MR) is 43.0 cm³/mol. The average molecular weight is 149 g/mol. The Morgan fingerprint density at radius 2 is 2.45 bits per heavy atom. The van der Waals surface area contributed by atoms with Gasteiger partial charge in [0.05, 0.1) is 5.92 Å². The van der Waals surface area contributed by atoms with E-state index in [0.29, 0.717) is 0 Å². The molecule has 1 unspecified atom stereocenters. The monoisotopic (exact) mass is 149 g/mol. The number of hydrogen-bond donors (Lipinski definition) is 1. The molecular weight excluding hydrogens is 138 g/mol. The van der Waals surface area contributed by atoms with E-state index in [1.165, 1.54) is 5.57 Å². The van der Waals surface area contributed by atoms with Gasteiger partial charge in [-0.25, -0.2) is 0 Å². The van der Waals surface area contributed by atoms with E-state index in [9.17, 15) is 4.79 Å². The average Bonchev–Trinajstić information content (AvgIpc) is 2.06. The van der Waals surface area contributed by atoms with Crippen LogP contribution in [-0.2, 0) is 4.79 Å². The Hall–Kier alpha value is -1.05. The molecule has 0 bridgehead atoms. The molecular formula is C9H11NO. The van der Waals surface area contributed by atoms with Crippen molar-refractivity contribution in [3.05, 3.63) is 23.8 Å². The van der Waals surface area contributed by atoms with Crippen LogP contribution in [0.1, 0.15) is 12.8 Å². The number of allylic oxidation sites excluding steroid dienone is 3. The van der Waals surface area contributed by atoms with Crippen LogP contribution in [0.3, 0.4) is 0 Å². The van der Waals surface area contributed by atoms with Crippen LogP contribution in [0.25, 0.3) is 0 Å². The molecule has 1 aliphatic heterocycles. The zero-order chi connectivity index (χ0) is 7.68. The third-order valence-electron chi connectivity index (χ3n) is 2.30. The molecule has 0 saturated carbocycles. The van der Waals surface area contributed by atoms with E-state index in [4.69, 9.17) is 0 Å². The van der Waals surface area contributed by atoms with E-state index in [1.54, 1.807) is 0 Å². The largest absolute Gasteiger partial charge is 0.355 e. The van der Waals surface area contributed by atoms with Gasteiger partial charge in [-0.1, -0.05) is 23.8 Å². The van der Waals surface area contributed by atoms with E-state index in [1.807, 2.05) is 6.08 Å². The van der Waals surface area contributed by atoms with Gasteiger partial charge in [0.15, 0.2) is 0 Å². The van der Waals surface area contributed by atoms with E-state index < -0.39 is 0 Å². The van der Waals surface area contributed by atoms with Gasteiger partial charge in [0.2, 0.25) is 5.91 Å². The minimum absolute atomic E-state index is 0.147. The van der Waals surface area contributed by atoms with Gasteiger partial charge in [-0.3, -0.25) is 4.79 Å². The zero-order valence-electron chi connectivity index (χ0n) is 6.34. The second-order valence-corrected chi connectivity index (χ2v) is 3.00. The number of amides is 1. The first kappa shape index (κ1) is 6.65. The normalized spacial score (nSPS) is 28.9.